The number of amides is 1. The van der Waals surface area contributed by atoms with Gasteiger partial charge in [-0.1, -0.05) is 43.1 Å². The fourth-order valence-corrected chi connectivity index (χ4v) is 2.64. The van der Waals surface area contributed by atoms with E-state index in [-0.39, 0.29) is 18.3 Å². The minimum absolute atomic E-state index is 0. The predicted octanol–water partition coefficient (Wildman–Crippen LogP) is 4.14. The maximum Gasteiger partial charge on any atom is 0.230 e. The maximum absolute atomic E-state index is 12.6. The third kappa shape index (κ3) is 4.75. The van der Waals surface area contributed by atoms with Crippen molar-refractivity contribution in [1.29, 1.82) is 0 Å². The highest BCUT2D eigenvalue weighted by Crippen LogP contribution is 2.28. The van der Waals surface area contributed by atoms with Gasteiger partial charge in [0.25, 0.3) is 0 Å². The molecule has 0 spiro atoms. The predicted molar refractivity (Wildman–Crippen MR) is 92.3 cm³/mol. The Balaban J connectivity index is 0.00000400. The summed E-state index contributed by atoms with van der Waals surface area (Å²) in [4.78, 5) is 14.3. The van der Waals surface area contributed by atoms with Gasteiger partial charge in [-0.2, -0.15) is 0 Å². The van der Waals surface area contributed by atoms with E-state index in [1.165, 1.54) is 0 Å². The molecule has 0 aliphatic rings. The van der Waals surface area contributed by atoms with Crippen LogP contribution in [0.2, 0.25) is 10.0 Å². The van der Waals surface area contributed by atoms with Crippen LogP contribution in [0.15, 0.2) is 18.2 Å². The van der Waals surface area contributed by atoms with E-state index in [4.69, 9.17) is 28.9 Å². The summed E-state index contributed by atoms with van der Waals surface area (Å²) in [6.45, 7) is 4.87. The summed E-state index contributed by atoms with van der Waals surface area (Å²) in [5.41, 5.74) is 6.30. The van der Waals surface area contributed by atoms with E-state index < -0.39 is 5.41 Å². The number of hydrogen-bond donors (Lipinski definition) is 1. The Labute approximate surface area is 143 Å². The molecule has 1 rings (SSSR count). The molecule has 6 heteroatoms. The Morgan fingerprint density at radius 1 is 1.24 bits per heavy atom. The Morgan fingerprint density at radius 3 is 2.24 bits per heavy atom. The first kappa shape index (κ1) is 20.5. The average Bonchev–Trinajstić information content (AvgIpc) is 2.45. The third-order valence-electron chi connectivity index (χ3n) is 3.95. The average molecular weight is 354 g/mol. The van der Waals surface area contributed by atoms with E-state index in [1.807, 2.05) is 19.9 Å². The lowest BCUT2D eigenvalue weighted by Crippen LogP contribution is -2.45. The minimum Gasteiger partial charge on any atom is -0.341 e. The lowest BCUT2D eigenvalue weighted by Gasteiger charge is -2.33. The summed E-state index contributed by atoms with van der Waals surface area (Å²) < 4.78 is 0. The van der Waals surface area contributed by atoms with Crippen LogP contribution in [0.1, 0.15) is 32.3 Å². The van der Waals surface area contributed by atoms with Crippen LogP contribution in [0, 0.1) is 5.41 Å². The van der Waals surface area contributed by atoms with Gasteiger partial charge in [0, 0.05) is 20.1 Å². The van der Waals surface area contributed by atoms with Crippen molar-refractivity contribution in [3.05, 3.63) is 33.8 Å². The van der Waals surface area contributed by atoms with Crippen LogP contribution in [0.4, 0.5) is 0 Å². The fourth-order valence-electron chi connectivity index (χ4n) is 2.32. The van der Waals surface area contributed by atoms with Crippen LogP contribution in [-0.2, 0) is 11.3 Å². The molecule has 0 aliphatic heterocycles. The van der Waals surface area contributed by atoms with Gasteiger partial charge in [-0.3, -0.25) is 4.79 Å². The van der Waals surface area contributed by atoms with E-state index in [0.717, 1.165) is 18.4 Å². The molecule has 1 aromatic carbocycles. The number of carbonyl (C=O) groups excluding carboxylic acids is 1. The van der Waals surface area contributed by atoms with Gasteiger partial charge in [0.05, 0.1) is 15.5 Å². The zero-order valence-corrected chi connectivity index (χ0v) is 15.0. The molecular formula is C15H23Cl3N2O. The van der Waals surface area contributed by atoms with Crippen molar-refractivity contribution in [3.63, 3.8) is 0 Å². The van der Waals surface area contributed by atoms with E-state index in [0.29, 0.717) is 23.1 Å². The van der Waals surface area contributed by atoms with Crippen molar-refractivity contribution >= 4 is 41.5 Å². The number of halogens is 3. The van der Waals surface area contributed by atoms with Crippen molar-refractivity contribution in [2.75, 3.05) is 13.6 Å². The Hall–Kier alpha value is -0.480. The van der Waals surface area contributed by atoms with Gasteiger partial charge in [0.1, 0.15) is 0 Å². The highest BCUT2D eigenvalue weighted by molar-refractivity contribution is 6.42. The molecule has 1 amide bonds. The van der Waals surface area contributed by atoms with Gasteiger partial charge in [0.2, 0.25) is 5.91 Å². The summed E-state index contributed by atoms with van der Waals surface area (Å²) in [6, 6.07) is 5.41. The molecule has 0 heterocycles. The van der Waals surface area contributed by atoms with Crippen LogP contribution < -0.4 is 5.73 Å². The van der Waals surface area contributed by atoms with Crippen molar-refractivity contribution in [3.8, 4) is 0 Å². The summed E-state index contributed by atoms with van der Waals surface area (Å²) in [7, 11) is 1.79. The first-order valence-electron chi connectivity index (χ1n) is 6.79. The molecule has 0 unspecified atom stereocenters. The normalized spacial score (nSPS) is 11.0. The first-order chi connectivity index (χ1) is 9.40. The molecule has 0 fully saturated rings. The smallest absolute Gasteiger partial charge is 0.230 e. The van der Waals surface area contributed by atoms with Gasteiger partial charge in [0.15, 0.2) is 0 Å². The largest absolute Gasteiger partial charge is 0.341 e. The van der Waals surface area contributed by atoms with Gasteiger partial charge < -0.3 is 10.6 Å². The fraction of sp³-hybridized carbons (Fsp3) is 0.533. The monoisotopic (exact) mass is 352 g/mol. The highest BCUT2D eigenvalue weighted by Gasteiger charge is 2.35. The zero-order chi connectivity index (χ0) is 15.3. The number of carbonyl (C=O) groups is 1. The molecule has 0 radical (unpaired) electrons. The molecule has 2 N–H and O–H groups in total. The summed E-state index contributed by atoms with van der Waals surface area (Å²) >= 11 is 11.9. The SMILES string of the molecule is CCC(CC)(CN)C(=O)N(C)Cc1ccc(Cl)c(Cl)c1.Cl. The van der Waals surface area contributed by atoms with E-state index in [9.17, 15) is 4.79 Å². The lowest BCUT2D eigenvalue weighted by atomic mass is 9.81. The number of hydrogen-bond acceptors (Lipinski definition) is 2. The van der Waals surface area contributed by atoms with Crippen molar-refractivity contribution < 1.29 is 4.79 Å². The Kier molecular flexibility index (Phi) is 8.64. The molecule has 0 saturated carbocycles. The number of rotatable bonds is 6. The van der Waals surface area contributed by atoms with E-state index in [1.54, 1.807) is 24.1 Å². The lowest BCUT2D eigenvalue weighted by molar-refractivity contribution is -0.141. The van der Waals surface area contributed by atoms with Gasteiger partial charge in [-0.15, -0.1) is 12.4 Å². The molecule has 0 atom stereocenters. The molecule has 1 aromatic rings. The maximum atomic E-state index is 12.6. The Bertz CT molecular complexity index is 468. The molecule has 0 bridgehead atoms. The van der Waals surface area contributed by atoms with Gasteiger partial charge in [-0.05, 0) is 30.5 Å². The topological polar surface area (TPSA) is 46.3 Å². The van der Waals surface area contributed by atoms with Crippen LogP contribution in [0.5, 0.6) is 0 Å². The van der Waals surface area contributed by atoms with Gasteiger partial charge in [-0.25, -0.2) is 0 Å². The van der Waals surface area contributed by atoms with Crippen LogP contribution in [0.3, 0.4) is 0 Å². The molecule has 3 nitrogen and oxygen atoms in total. The van der Waals surface area contributed by atoms with Crippen LogP contribution in [0.25, 0.3) is 0 Å². The Morgan fingerprint density at radius 2 is 1.81 bits per heavy atom. The molecule has 0 aliphatic carbocycles. The van der Waals surface area contributed by atoms with Crippen LogP contribution in [-0.4, -0.2) is 24.4 Å². The first-order valence-corrected chi connectivity index (χ1v) is 7.55. The minimum atomic E-state index is -0.467. The second-order valence-electron chi connectivity index (χ2n) is 5.10. The summed E-state index contributed by atoms with van der Waals surface area (Å²) in [6.07, 6.45) is 1.48. The standard InChI is InChI=1S/C15H22Cl2N2O.ClH/c1-4-15(5-2,10-18)14(20)19(3)9-11-6-7-12(16)13(17)8-11;/h6-8H,4-5,9-10,18H2,1-3H3;1H. The van der Waals surface area contributed by atoms with Crippen molar-refractivity contribution in [1.82, 2.24) is 4.90 Å². The molecular weight excluding hydrogens is 331 g/mol. The molecule has 0 saturated heterocycles. The van der Waals surface area contributed by atoms with Crippen molar-refractivity contribution in [2.45, 2.75) is 33.2 Å². The second kappa shape index (κ2) is 8.84. The van der Waals surface area contributed by atoms with Gasteiger partial charge >= 0.3 is 0 Å². The quantitative estimate of drug-likeness (QED) is 0.835. The third-order valence-corrected chi connectivity index (χ3v) is 4.69. The summed E-state index contributed by atoms with van der Waals surface area (Å²) in [5.74, 6) is 0.0797. The number of benzene rings is 1. The number of nitrogens with zero attached hydrogens (tertiary/aromatic N) is 1. The molecule has 0 aromatic heterocycles. The number of nitrogens with two attached hydrogens (primary N) is 1. The van der Waals surface area contributed by atoms with Crippen molar-refractivity contribution in [2.24, 2.45) is 11.1 Å². The molecule has 21 heavy (non-hydrogen) atoms. The van der Waals surface area contributed by atoms with Crippen LogP contribution >= 0.6 is 35.6 Å². The zero-order valence-electron chi connectivity index (χ0n) is 12.7. The summed E-state index contributed by atoms with van der Waals surface area (Å²) in [5, 5.41) is 1.02. The van der Waals surface area contributed by atoms with E-state index >= 15 is 0 Å². The highest BCUT2D eigenvalue weighted by atomic mass is 35.5. The second-order valence-corrected chi connectivity index (χ2v) is 5.92. The van der Waals surface area contributed by atoms with E-state index in [2.05, 4.69) is 0 Å². The molecule has 120 valence electrons.